The van der Waals surface area contributed by atoms with Crippen LogP contribution >= 0.6 is 34.7 Å². The predicted octanol–water partition coefficient (Wildman–Crippen LogP) is 3.80. The number of carbonyl (C=O) groups is 2. The molecule has 1 heterocycles. The minimum atomic E-state index is -0.133. The van der Waals surface area contributed by atoms with E-state index in [9.17, 15) is 9.59 Å². The summed E-state index contributed by atoms with van der Waals surface area (Å²) >= 11 is 9.00. The SMILES string of the molecule is CCN(CC(=O)NCc1cccs1)C(=O)CSCc1ccc(Cl)cc1. The van der Waals surface area contributed by atoms with Gasteiger partial charge in [-0.2, -0.15) is 0 Å². The first-order chi connectivity index (χ1) is 12.1. The molecule has 0 fully saturated rings. The average Bonchev–Trinajstić information content (AvgIpc) is 3.13. The van der Waals surface area contributed by atoms with Gasteiger partial charge in [0, 0.05) is 22.2 Å². The number of amides is 2. The van der Waals surface area contributed by atoms with E-state index < -0.39 is 0 Å². The van der Waals surface area contributed by atoms with Gasteiger partial charge in [0.25, 0.3) is 0 Å². The van der Waals surface area contributed by atoms with Gasteiger partial charge >= 0.3 is 0 Å². The molecule has 25 heavy (non-hydrogen) atoms. The summed E-state index contributed by atoms with van der Waals surface area (Å²) in [5.41, 5.74) is 1.12. The maximum Gasteiger partial charge on any atom is 0.239 e. The molecule has 0 saturated carbocycles. The van der Waals surface area contributed by atoms with Gasteiger partial charge in [-0.15, -0.1) is 23.1 Å². The van der Waals surface area contributed by atoms with Gasteiger partial charge < -0.3 is 10.2 Å². The van der Waals surface area contributed by atoms with Crippen LogP contribution in [-0.4, -0.2) is 35.6 Å². The Hall–Kier alpha value is -1.50. The Kier molecular flexibility index (Phi) is 8.31. The number of carbonyl (C=O) groups excluding carboxylic acids is 2. The number of thioether (sulfide) groups is 1. The third kappa shape index (κ3) is 7.10. The lowest BCUT2D eigenvalue weighted by molar-refractivity contribution is -0.133. The monoisotopic (exact) mass is 396 g/mol. The lowest BCUT2D eigenvalue weighted by atomic mass is 10.2. The zero-order valence-corrected chi connectivity index (χ0v) is 16.4. The van der Waals surface area contributed by atoms with Crippen molar-refractivity contribution in [2.75, 3.05) is 18.8 Å². The van der Waals surface area contributed by atoms with Gasteiger partial charge in [-0.25, -0.2) is 0 Å². The first-order valence-corrected chi connectivity index (χ1v) is 10.4. The third-order valence-electron chi connectivity index (χ3n) is 3.52. The Labute approximate surface area is 161 Å². The molecule has 2 rings (SSSR count). The molecule has 0 unspecified atom stereocenters. The van der Waals surface area contributed by atoms with Crippen molar-refractivity contribution >= 4 is 46.5 Å². The first-order valence-electron chi connectivity index (χ1n) is 7.97. The highest BCUT2D eigenvalue weighted by atomic mass is 35.5. The van der Waals surface area contributed by atoms with Gasteiger partial charge in [-0.05, 0) is 36.1 Å². The minimum absolute atomic E-state index is 0.0206. The second-order valence-electron chi connectivity index (χ2n) is 5.38. The van der Waals surface area contributed by atoms with Crippen molar-refractivity contribution in [2.24, 2.45) is 0 Å². The highest BCUT2D eigenvalue weighted by Gasteiger charge is 2.15. The van der Waals surface area contributed by atoms with E-state index in [1.165, 1.54) is 11.8 Å². The second-order valence-corrected chi connectivity index (χ2v) is 7.84. The molecule has 2 amide bonds. The Bertz CT molecular complexity index is 675. The van der Waals surface area contributed by atoms with Crippen molar-refractivity contribution in [3.8, 4) is 0 Å². The van der Waals surface area contributed by atoms with Crippen LogP contribution < -0.4 is 5.32 Å². The molecule has 0 aliphatic rings. The Balaban J connectivity index is 1.71. The Morgan fingerprint density at radius 3 is 2.64 bits per heavy atom. The van der Waals surface area contributed by atoms with E-state index in [1.807, 2.05) is 48.7 Å². The first kappa shape index (κ1) is 19.8. The highest BCUT2D eigenvalue weighted by Crippen LogP contribution is 2.16. The molecule has 0 spiro atoms. The molecule has 0 radical (unpaired) electrons. The van der Waals surface area contributed by atoms with Gasteiger partial charge in [-0.1, -0.05) is 29.8 Å². The van der Waals surface area contributed by atoms with Crippen LogP contribution in [0, 0.1) is 0 Å². The zero-order valence-electron chi connectivity index (χ0n) is 14.0. The summed E-state index contributed by atoms with van der Waals surface area (Å²) < 4.78 is 0. The van der Waals surface area contributed by atoms with Crippen molar-refractivity contribution in [1.82, 2.24) is 10.2 Å². The number of halogens is 1. The summed E-state index contributed by atoms with van der Waals surface area (Å²) in [6.07, 6.45) is 0. The fraction of sp³-hybridized carbons (Fsp3) is 0.333. The van der Waals surface area contributed by atoms with E-state index in [1.54, 1.807) is 16.2 Å². The third-order valence-corrected chi connectivity index (χ3v) is 5.63. The highest BCUT2D eigenvalue weighted by molar-refractivity contribution is 7.99. The number of likely N-dealkylation sites (N-methyl/N-ethyl adjacent to an activating group) is 1. The van der Waals surface area contributed by atoms with Gasteiger partial charge in [0.2, 0.25) is 11.8 Å². The van der Waals surface area contributed by atoms with E-state index in [4.69, 9.17) is 11.6 Å². The molecule has 134 valence electrons. The fourth-order valence-electron chi connectivity index (χ4n) is 2.13. The summed E-state index contributed by atoms with van der Waals surface area (Å²) in [6, 6.07) is 11.5. The number of thiophene rings is 1. The number of hydrogen-bond donors (Lipinski definition) is 1. The van der Waals surface area contributed by atoms with Crippen LogP contribution in [0.2, 0.25) is 5.02 Å². The van der Waals surface area contributed by atoms with Crippen LogP contribution in [0.4, 0.5) is 0 Å². The quantitative estimate of drug-likeness (QED) is 0.701. The maximum atomic E-state index is 12.3. The Morgan fingerprint density at radius 2 is 2.00 bits per heavy atom. The molecule has 2 aromatic rings. The topological polar surface area (TPSA) is 49.4 Å². The fourth-order valence-corrected chi connectivity index (χ4v) is 3.79. The lowest BCUT2D eigenvalue weighted by Crippen LogP contribution is -2.41. The summed E-state index contributed by atoms with van der Waals surface area (Å²) in [5.74, 6) is 0.943. The van der Waals surface area contributed by atoms with Crippen LogP contribution in [0.15, 0.2) is 41.8 Å². The smallest absolute Gasteiger partial charge is 0.239 e. The summed E-state index contributed by atoms with van der Waals surface area (Å²) in [5, 5.41) is 5.53. The average molecular weight is 397 g/mol. The molecule has 0 aliphatic heterocycles. The van der Waals surface area contributed by atoms with Crippen LogP contribution in [0.25, 0.3) is 0 Å². The molecular formula is C18H21ClN2O2S2. The van der Waals surface area contributed by atoms with Crippen molar-refractivity contribution in [3.63, 3.8) is 0 Å². The summed E-state index contributed by atoms with van der Waals surface area (Å²) in [7, 11) is 0. The van der Waals surface area contributed by atoms with Gasteiger partial charge in [0.05, 0.1) is 18.8 Å². The number of benzene rings is 1. The largest absolute Gasteiger partial charge is 0.350 e. The molecule has 1 N–H and O–H groups in total. The number of rotatable bonds is 9. The van der Waals surface area contributed by atoms with E-state index >= 15 is 0 Å². The predicted molar refractivity (Wildman–Crippen MR) is 106 cm³/mol. The number of hydrogen-bond acceptors (Lipinski definition) is 4. The molecule has 0 bridgehead atoms. The molecule has 0 atom stereocenters. The number of nitrogens with zero attached hydrogens (tertiary/aromatic N) is 1. The van der Waals surface area contributed by atoms with Crippen LogP contribution in [-0.2, 0) is 21.9 Å². The van der Waals surface area contributed by atoms with Crippen LogP contribution in [0.1, 0.15) is 17.4 Å². The number of nitrogens with one attached hydrogen (secondary N) is 1. The molecule has 4 nitrogen and oxygen atoms in total. The van der Waals surface area contributed by atoms with E-state index in [0.717, 1.165) is 16.2 Å². The van der Waals surface area contributed by atoms with Gasteiger partial charge in [-0.3, -0.25) is 9.59 Å². The van der Waals surface area contributed by atoms with Crippen molar-refractivity contribution in [2.45, 2.75) is 19.2 Å². The van der Waals surface area contributed by atoms with Crippen molar-refractivity contribution in [1.29, 1.82) is 0 Å². The van der Waals surface area contributed by atoms with E-state index in [0.29, 0.717) is 23.9 Å². The molecule has 1 aromatic heterocycles. The molecular weight excluding hydrogens is 376 g/mol. The standard InChI is InChI=1S/C18H21ClN2O2S2/c1-2-21(11-17(22)20-10-16-4-3-9-25-16)18(23)13-24-12-14-5-7-15(19)8-6-14/h3-9H,2,10-13H2,1H3,(H,20,22). The summed E-state index contributed by atoms with van der Waals surface area (Å²) in [4.78, 5) is 27.0. The lowest BCUT2D eigenvalue weighted by Gasteiger charge is -2.20. The van der Waals surface area contributed by atoms with Gasteiger partial charge in [0.15, 0.2) is 0 Å². The second kappa shape index (κ2) is 10.5. The molecule has 0 aliphatic carbocycles. The zero-order chi connectivity index (χ0) is 18.1. The Morgan fingerprint density at radius 1 is 1.24 bits per heavy atom. The molecule has 1 aromatic carbocycles. The molecule has 0 saturated heterocycles. The van der Waals surface area contributed by atoms with Crippen LogP contribution in [0.5, 0.6) is 0 Å². The van der Waals surface area contributed by atoms with Crippen molar-refractivity contribution < 1.29 is 9.59 Å². The maximum absolute atomic E-state index is 12.3. The van der Waals surface area contributed by atoms with E-state index in [-0.39, 0.29) is 18.4 Å². The van der Waals surface area contributed by atoms with Crippen LogP contribution in [0.3, 0.4) is 0 Å². The molecule has 7 heteroatoms. The normalized spacial score (nSPS) is 10.5. The van der Waals surface area contributed by atoms with Gasteiger partial charge in [0.1, 0.15) is 0 Å². The summed E-state index contributed by atoms with van der Waals surface area (Å²) in [6.45, 7) is 3.01. The van der Waals surface area contributed by atoms with E-state index in [2.05, 4.69) is 5.32 Å². The minimum Gasteiger partial charge on any atom is -0.350 e. The van der Waals surface area contributed by atoms with Crippen molar-refractivity contribution in [3.05, 3.63) is 57.2 Å².